The first-order valence-electron chi connectivity index (χ1n) is 10.3. The summed E-state index contributed by atoms with van der Waals surface area (Å²) in [5, 5.41) is 24.5. The van der Waals surface area contributed by atoms with Gasteiger partial charge in [-0.1, -0.05) is 11.6 Å². The smallest absolute Gasteiger partial charge is 0.214 e. The first-order chi connectivity index (χ1) is 14.4. The van der Waals surface area contributed by atoms with Crippen molar-refractivity contribution < 1.29 is 17.5 Å². The van der Waals surface area contributed by atoms with E-state index in [1.807, 2.05) is 0 Å². The molecule has 0 amide bonds. The van der Waals surface area contributed by atoms with Crippen LogP contribution in [-0.2, 0) is 10.0 Å². The third kappa shape index (κ3) is 3.69. The zero-order valence-corrected chi connectivity index (χ0v) is 19.0. The van der Waals surface area contributed by atoms with Crippen LogP contribution in [0.2, 0.25) is 5.02 Å². The molecular weight excluding hydrogens is 443 g/mol. The van der Waals surface area contributed by atoms with Gasteiger partial charge in [-0.15, -0.1) is 0 Å². The SMILES string of the molecule is CC(C)(Oc1ccc(F)cc1Cl)C(=N)N(C#N)C1C2CC3CC1CC(S(N)(=O)=O)(C3)C2. The van der Waals surface area contributed by atoms with Crippen LogP contribution in [-0.4, -0.2) is 35.5 Å². The fourth-order valence-electron chi connectivity index (χ4n) is 6.13. The minimum absolute atomic E-state index is 0.0326. The summed E-state index contributed by atoms with van der Waals surface area (Å²) in [5.41, 5.74) is -1.22. The van der Waals surface area contributed by atoms with Crippen molar-refractivity contribution in [3.8, 4) is 11.9 Å². The van der Waals surface area contributed by atoms with E-state index in [1.165, 1.54) is 17.0 Å². The molecular formula is C21H26ClFN4O3S. The van der Waals surface area contributed by atoms with Gasteiger partial charge >= 0.3 is 0 Å². The summed E-state index contributed by atoms with van der Waals surface area (Å²) in [5.74, 6) is -0.110. The number of nitriles is 1. The van der Waals surface area contributed by atoms with Crippen molar-refractivity contribution in [2.75, 3.05) is 0 Å². The summed E-state index contributed by atoms with van der Waals surface area (Å²) >= 11 is 6.08. The van der Waals surface area contributed by atoms with Crippen LogP contribution in [0.25, 0.3) is 0 Å². The van der Waals surface area contributed by atoms with E-state index < -0.39 is 26.2 Å². The predicted molar refractivity (Wildman–Crippen MR) is 114 cm³/mol. The Kier molecular flexibility index (Phi) is 5.27. The van der Waals surface area contributed by atoms with Gasteiger partial charge < -0.3 is 4.74 Å². The quantitative estimate of drug-likeness (QED) is 0.296. The molecule has 4 aliphatic rings. The van der Waals surface area contributed by atoms with E-state index in [9.17, 15) is 18.1 Å². The van der Waals surface area contributed by atoms with Gasteiger partial charge in [0.05, 0.1) is 15.8 Å². The normalized spacial score (nSPS) is 31.9. The minimum Gasteiger partial charge on any atom is -0.478 e. The molecule has 0 aromatic heterocycles. The van der Waals surface area contributed by atoms with Crippen molar-refractivity contribution in [1.29, 1.82) is 10.7 Å². The lowest BCUT2D eigenvalue weighted by Gasteiger charge is -2.60. The van der Waals surface area contributed by atoms with Gasteiger partial charge in [-0.05, 0) is 81.9 Å². The van der Waals surface area contributed by atoms with Crippen LogP contribution in [0.15, 0.2) is 18.2 Å². The van der Waals surface area contributed by atoms with Crippen molar-refractivity contribution in [1.82, 2.24) is 4.90 Å². The van der Waals surface area contributed by atoms with Gasteiger partial charge in [0.25, 0.3) is 0 Å². The van der Waals surface area contributed by atoms with Gasteiger partial charge in [-0.2, -0.15) is 5.26 Å². The van der Waals surface area contributed by atoms with Crippen molar-refractivity contribution in [3.63, 3.8) is 0 Å². The van der Waals surface area contributed by atoms with Gasteiger partial charge in [-0.25, -0.2) is 17.9 Å². The van der Waals surface area contributed by atoms with Crippen molar-refractivity contribution in [2.45, 2.75) is 62.3 Å². The second-order valence-corrected chi connectivity index (χ2v) is 12.1. The second kappa shape index (κ2) is 7.32. The maximum absolute atomic E-state index is 13.4. The third-order valence-corrected chi connectivity index (χ3v) is 9.25. The van der Waals surface area contributed by atoms with E-state index in [0.29, 0.717) is 19.3 Å². The van der Waals surface area contributed by atoms with Crippen LogP contribution in [0, 0.1) is 40.4 Å². The Balaban J connectivity index is 1.59. The lowest BCUT2D eigenvalue weighted by atomic mass is 9.53. The first-order valence-corrected chi connectivity index (χ1v) is 12.2. The molecule has 4 aliphatic carbocycles. The fraction of sp³-hybridized carbons (Fsp3) is 0.619. The van der Waals surface area contributed by atoms with E-state index in [-0.39, 0.29) is 40.4 Å². The standard InChI is InChI=1S/C21H26ClFN4O3S/c1-20(2,30-17-4-3-15(23)7-16(17)22)19(25)27(11-24)18-13-5-12-6-14(18)10-21(8-12,9-13)31(26,28)29/h3-4,7,12-14,18,25H,5-6,8-10H2,1-2H3,(H2,26,28,29). The number of hydrogen-bond donors (Lipinski definition) is 2. The van der Waals surface area contributed by atoms with Crippen LogP contribution in [0.4, 0.5) is 4.39 Å². The minimum atomic E-state index is -3.70. The van der Waals surface area contributed by atoms with E-state index in [2.05, 4.69) is 6.19 Å². The molecule has 2 atom stereocenters. The van der Waals surface area contributed by atoms with Crippen molar-refractivity contribution in [2.24, 2.45) is 22.9 Å². The van der Waals surface area contributed by atoms with Crippen LogP contribution >= 0.6 is 11.6 Å². The highest BCUT2D eigenvalue weighted by molar-refractivity contribution is 7.90. The second-order valence-electron chi connectivity index (χ2n) is 9.69. The maximum Gasteiger partial charge on any atom is 0.214 e. The number of primary sulfonamides is 1. The summed E-state index contributed by atoms with van der Waals surface area (Å²) < 4.78 is 43.1. The molecule has 0 heterocycles. The topological polar surface area (TPSA) is 120 Å². The summed E-state index contributed by atoms with van der Waals surface area (Å²) in [4.78, 5) is 1.38. The Bertz CT molecular complexity index is 1050. The number of nitrogens with two attached hydrogens (primary N) is 1. The molecule has 1 aromatic carbocycles. The zero-order chi connectivity index (χ0) is 22.8. The summed E-state index contributed by atoms with van der Waals surface area (Å²) in [7, 11) is -3.70. The summed E-state index contributed by atoms with van der Waals surface area (Å²) in [6, 6.07) is 3.47. The molecule has 0 spiro atoms. The molecule has 10 heteroatoms. The molecule has 4 saturated carbocycles. The summed E-state index contributed by atoms with van der Waals surface area (Å²) in [6.07, 6.45) is 5.23. The molecule has 0 aliphatic heterocycles. The van der Waals surface area contributed by atoms with Gasteiger partial charge in [0.1, 0.15) is 11.6 Å². The molecule has 3 N–H and O–H groups in total. The van der Waals surface area contributed by atoms with Gasteiger partial charge in [-0.3, -0.25) is 10.3 Å². The number of amidine groups is 1. The number of nitrogens with zero attached hydrogens (tertiary/aromatic N) is 2. The highest BCUT2D eigenvalue weighted by atomic mass is 35.5. The summed E-state index contributed by atoms with van der Waals surface area (Å²) in [6.45, 7) is 3.31. The molecule has 168 valence electrons. The zero-order valence-electron chi connectivity index (χ0n) is 17.4. The molecule has 1 aromatic rings. The number of halogens is 2. The van der Waals surface area contributed by atoms with E-state index in [0.717, 1.165) is 18.9 Å². The molecule has 0 radical (unpaired) electrons. The van der Waals surface area contributed by atoms with Crippen molar-refractivity contribution >= 4 is 27.5 Å². The number of rotatable bonds is 5. The molecule has 0 saturated heterocycles. The van der Waals surface area contributed by atoms with Crippen LogP contribution in [0.5, 0.6) is 5.75 Å². The van der Waals surface area contributed by atoms with Gasteiger partial charge in [0.2, 0.25) is 10.0 Å². The lowest BCUT2D eigenvalue weighted by Crippen LogP contribution is -2.66. The molecule has 4 fully saturated rings. The lowest BCUT2D eigenvalue weighted by molar-refractivity contribution is -0.0244. The number of benzene rings is 1. The highest BCUT2D eigenvalue weighted by Gasteiger charge is 2.61. The molecule has 4 bridgehead atoms. The van der Waals surface area contributed by atoms with E-state index >= 15 is 0 Å². The average Bonchev–Trinajstić information content (AvgIpc) is 2.65. The van der Waals surface area contributed by atoms with Crippen LogP contribution < -0.4 is 9.88 Å². The van der Waals surface area contributed by atoms with Crippen molar-refractivity contribution in [3.05, 3.63) is 29.0 Å². The molecule has 31 heavy (non-hydrogen) atoms. The Morgan fingerprint density at radius 1 is 1.35 bits per heavy atom. The molecule has 2 unspecified atom stereocenters. The fourth-order valence-corrected chi connectivity index (χ4v) is 7.70. The average molecular weight is 469 g/mol. The number of hydrogen-bond acceptors (Lipinski definition) is 5. The number of sulfonamides is 1. The highest BCUT2D eigenvalue weighted by Crippen LogP contribution is 2.59. The third-order valence-electron chi connectivity index (χ3n) is 7.25. The first kappa shape index (κ1) is 22.3. The monoisotopic (exact) mass is 468 g/mol. The molecule has 7 nitrogen and oxygen atoms in total. The Morgan fingerprint density at radius 2 is 1.97 bits per heavy atom. The van der Waals surface area contributed by atoms with Crippen LogP contribution in [0.3, 0.4) is 0 Å². The maximum atomic E-state index is 13.4. The van der Waals surface area contributed by atoms with Crippen LogP contribution in [0.1, 0.15) is 46.0 Å². The Morgan fingerprint density at radius 3 is 2.48 bits per heavy atom. The predicted octanol–water partition coefficient (Wildman–Crippen LogP) is 3.63. The Labute approximate surface area is 186 Å². The molecule has 5 rings (SSSR count). The Hall–Kier alpha value is -1.89. The van der Waals surface area contributed by atoms with Gasteiger partial charge in [0, 0.05) is 0 Å². The van der Waals surface area contributed by atoms with E-state index in [4.69, 9.17) is 26.9 Å². The largest absolute Gasteiger partial charge is 0.478 e. The number of ether oxygens (including phenoxy) is 1. The number of nitrogens with one attached hydrogen (secondary N) is 1. The van der Waals surface area contributed by atoms with Gasteiger partial charge in [0.15, 0.2) is 17.6 Å². The van der Waals surface area contributed by atoms with E-state index in [1.54, 1.807) is 13.8 Å².